The van der Waals surface area contributed by atoms with Crippen LogP contribution >= 0.6 is 0 Å². The summed E-state index contributed by atoms with van der Waals surface area (Å²) in [6.45, 7) is 1.89. The number of aliphatic carboxylic acids is 1. The van der Waals surface area contributed by atoms with Crippen molar-refractivity contribution in [1.82, 2.24) is 15.5 Å². The summed E-state index contributed by atoms with van der Waals surface area (Å²) < 4.78 is 0. The van der Waals surface area contributed by atoms with Gasteiger partial charge in [-0.05, 0) is 36.8 Å². The molecule has 1 fully saturated rings. The molecule has 0 aliphatic carbocycles. The zero-order valence-corrected chi connectivity index (χ0v) is 19.2. The lowest BCUT2D eigenvalue weighted by Gasteiger charge is -2.23. The minimum Gasteiger partial charge on any atom is -0.480 e. The maximum Gasteiger partial charge on any atom is 0.317 e. The van der Waals surface area contributed by atoms with Gasteiger partial charge in [0.05, 0.1) is 12.6 Å². The number of hydrogen-bond acceptors (Lipinski definition) is 5. The van der Waals surface area contributed by atoms with E-state index in [9.17, 15) is 14.4 Å². The van der Waals surface area contributed by atoms with Crippen LogP contribution in [-0.2, 0) is 27.3 Å². The quantitative estimate of drug-likeness (QED) is 0.192. The van der Waals surface area contributed by atoms with Crippen LogP contribution in [0.15, 0.2) is 54.6 Å². The first-order valence-electron chi connectivity index (χ1n) is 11.3. The van der Waals surface area contributed by atoms with Crippen molar-refractivity contribution in [3.63, 3.8) is 0 Å². The monoisotopic (exact) mass is 467 g/mol. The number of aryl methyl sites for hydroxylation is 1. The molecule has 2 aromatic carbocycles. The van der Waals surface area contributed by atoms with E-state index in [-0.39, 0.29) is 18.3 Å². The van der Waals surface area contributed by atoms with E-state index in [4.69, 9.17) is 16.2 Å². The van der Waals surface area contributed by atoms with Gasteiger partial charge in [0.15, 0.2) is 0 Å². The number of nitrogens with zero attached hydrogens (tertiary/aromatic N) is 1. The molecular weight excluding hydrogens is 434 g/mol. The number of carboxylic acids is 1. The smallest absolute Gasteiger partial charge is 0.317 e. The molecule has 9 nitrogen and oxygen atoms in total. The number of nitrogens with one attached hydrogen (secondary N) is 3. The molecule has 0 saturated carbocycles. The van der Waals surface area contributed by atoms with E-state index in [2.05, 4.69) is 10.6 Å². The molecule has 0 spiro atoms. The van der Waals surface area contributed by atoms with Crippen LogP contribution in [-0.4, -0.2) is 59.8 Å². The molecule has 0 bridgehead atoms. The van der Waals surface area contributed by atoms with Gasteiger partial charge < -0.3 is 21.1 Å². The molecule has 1 atom stereocenters. The predicted octanol–water partition coefficient (Wildman–Crippen LogP) is 1.50. The Hall–Kier alpha value is -3.72. The van der Waals surface area contributed by atoms with Gasteiger partial charge in [0.25, 0.3) is 0 Å². The Morgan fingerprint density at radius 1 is 1.06 bits per heavy atom. The standard InChI is InChI=1S/C16H22N2O3.C9H11N3O/c19-15(20)12-17-14(16(21)18-10-4-5-11-18)9-8-13-6-2-1-3-7-13;10-9(11)8-3-1-7(2-4-8)5-12-6-13/h1-3,6-7,14,17H,4-5,8-12H2,(H,19,20);1-4,6H,5H2,(H3,10,11)(H,12,13). The zero-order valence-electron chi connectivity index (χ0n) is 19.2. The summed E-state index contributed by atoms with van der Waals surface area (Å²) in [6, 6.07) is 16.7. The minimum absolute atomic E-state index is 0.0321. The Morgan fingerprint density at radius 2 is 1.71 bits per heavy atom. The average molecular weight is 468 g/mol. The molecule has 1 heterocycles. The van der Waals surface area contributed by atoms with Crippen LogP contribution in [0.2, 0.25) is 0 Å². The number of hydrogen-bond donors (Lipinski definition) is 5. The molecule has 1 aliphatic heterocycles. The number of amides is 2. The highest BCUT2D eigenvalue weighted by Crippen LogP contribution is 2.12. The van der Waals surface area contributed by atoms with Crippen LogP contribution < -0.4 is 16.4 Å². The molecule has 0 radical (unpaired) electrons. The normalized spacial score (nSPS) is 13.4. The Labute approximate surface area is 199 Å². The summed E-state index contributed by atoms with van der Waals surface area (Å²) in [5, 5.41) is 21.4. The van der Waals surface area contributed by atoms with Crippen LogP contribution in [0.1, 0.15) is 36.0 Å². The lowest BCUT2D eigenvalue weighted by atomic mass is 10.0. The number of nitrogen functional groups attached to an aromatic ring is 1. The van der Waals surface area contributed by atoms with Crippen molar-refractivity contribution in [2.45, 2.75) is 38.3 Å². The number of carbonyl (C=O) groups is 3. The molecular formula is C25H33N5O4. The number of rotatable bonds is 11. The molecule has 0 aromatic heterocycles. The van der Waals surface area contributed by atoms with Gasteiger partial charge in [-0.2, -0.15) is 0 Å². The van der Waals surface area contributed by atoms with E-state index >= 15 is 0 Å². The van der Waals surface area contributed by atoms with Gasteiger partial charge in [-0.1, -0.05) is 54.6 Å². The average Bonchev–Trinajstić information content (AvgIpc) is 3.39. The van der Waals surface area contributed by atoms with Crippen LogP contribution in [0.3, 0.4) is 0 Å². The maximum atomic E-state index is 12.4. The molecule has 9 heteroatoms. The SMILES string of the molecule is N=C(N)c1ccc(CNC=O)cc1.O=C(O)CNC(CCc1ccccc1)C(=O)N1CCCC1. The second-order valence-electron chi connectivity index (χ2n) is 7.99. The van der Waals surface area contributed by atoms with Crippen LogP contribution in [0.5, 0.6) is 0 Å². The van der Waals surface area contributed by atoms with Crippen molar-refractivity contribution in [3.05, 3.63) is 71.3 Å². The van der Waals surface area contributed by atoms with E-state index in [0.717, 1.165) is 43.5 Å². The van der Waals surface area contributed by atoms with E-state index in [1.165, 1.54) is 0 Å². The molecule has 1 aliphatic rings. The fourth-order valence-corrected chi connectivity index (χ4v) is 3.60. The fraction of sp³-hybridized carbons (Fsp3) is 0.360. The highest BCUT2D eigenvalue weighted by molar-refractivity contribution is 5.94. The van der Waals surface area contributed by atoms with Gasteiger partial charge in [-0.25, -0.2) is 0 Å². The van der Waals surface area contributed by atoms with Crippen molar-refractivity contribution in [3.8, 4) is 0 Å². The number of nitrogens with two attached hydrogens (primary N) is 1. The number of amidine groups is 1. The van der Waals surface area contributed by atoms with Crippen molar-refractivity contribution < 1.29 is 19.5 Å². The first-order valence-corrected chi connectivity index (χ1v) is 11.3. The fourth-order valence-electron chi connectivity index (χ4n) is 3.60. The summed E-state index contributed by atoms with van der Waals surface area (Å²) in [4.78, 5) is 35.0. The van der Waals surface area contributed by atoms with E-state index in [1.54, 1.807) is 12.1 Å². The Kier molecular flexibility index (Phi) is 11.3. The lowest BCUT2D eigenvalue weighted by molar-refractivity contribution is -0.137. The molecule has 3 rings (SSSR count). The third-order valence-corrected chi connectivity index (χ3v) is 5.43. The summed E-state index contributed by atoms with van der Waals surface area (Å²) in [5.74, 6) is -0.853. The number of carbonyl (C=O) groups excluding carboxylic acids is 2. The maximum absolute atomic E-state index is 12.4. The van der Waals surface area contributed by atoms with Gasteiger partial charge in [0.1, 0.15) is 5.84 Å². The second-order valence-corrected chi connectivity index (χ2v) is 7.99. The van der Waals surface area contributed by atoms with Crippen molar-refractivity contribution >= 4 is 24.1 Å². The summed E-state index contributed by atoms with van der Waals surface area (Å²) in [5.41, 5.74) is 8.11. The molecule has 6 N–H and O–H groups in total. The molecule has 2 amide bonds. The molecule has 1 saturated heterocycles. The third kappa shape index (κ3) is 9.41. The number of likely N-dealkylation sites (tertiary alicyclic amines) is 1. The number of benzene rings is 2. The molecule has 182 valence electrons. The van der Waals surface area contributed by atoms with Crippen LogP contribution in [0.25, 0.3) is 0 Å². The van der Waals surface area contributed by atoms with Crippen LogP contribution in [0, 0.1) is 5.41 Å². The molecule has 1 unspecified atom stereocenters. The van der Waals surface area contributed by atoms with Gasteiger partial charge in [-0.15, -0.1) is 0 Å². The second kappa shape index (κ2) is 14.4. The third-order valence-electron chi connectivity index (χ3n) is 5.43. The zero-order chi connectivity index (χ0) is 24.8. The molecule has 34 heavy (non-hydrogen) atoms. The Morgan fingerprint density at radius 3 is 2.26 bits per heavy atom. The Bertz CT molecular complexity index is 928. The van der Waals surface area contributed by atoms with E-state index in [1.807, 2.05) is 47.4 Å². The van der Waals surface area contributed by atoms with Crippen molar-refractivity contribution in [1.29, 1.82) is 5.41 Å². The highest BCUT2D eigenvalue weighted by atomic mass is 16.4. The largest absolute Gasteiger partial charge is 0.480 e. The first kappa shape index (κ1) is 26.5. The summed E-state index contributed by atoms with van der Waals surface area (Å²) in [7, 11) is 0. The minimum atomic E-state index is -0.936. The van der Waals surface area contributed by atoms with Gasteiger partial charge in [0.2, 0.25) is 12.3 Å². The lowest BCUT2D eigenvalue weighted by Crippen LogP contribution is -2.47. The highest BCUT2D eigenvalue weighted by Gasteiger charge is 2.26. The predicted molar refractivity (Wildman–Crippen MR) is 130 cm³/mol. The van der Waals surface area contributed by atoms with Crippen molar-refractivity contribution in [2.75, 3.05) is 19.6 Å². The summed E-state index contributed by atoms with van der Waals surface area (Å²) in [6.07, 6.45) is 4.11. The summed E-state index contributed by atoms with van der Waals surface area (Å²) >= 11 is 0. The molecule has 2 aromatic rings. The van der Waals surface area contributed by atoms with Crippen molar-refractivity contribution in [2.24, 2.45) is 5.73 Å². The first-order chi connectivity index (χ1) is 16.4. The van der Waals surface area contributed by atoms with E-state index in [0.29, 0.717) is 24.9 Å². The van der Waals surface area contributed by atoms with Gasteiger partial charge in [0, 0.05) is 25.2 Å². The number of carboxylic acid groups (broad SMARTS) is 1. The Balaban J connectivity index is 0.000000270. The van der Waals surface area contributed by atoms with Gasteiger partial charge >= 0.3 is 5.97 Å². The topological polar surface area (TPSA) is 149 Å². The van der Waals surface area contributed by atoms with Gasteiger partial charge in [-0.3, -0.25) is 25.1 Å². The van der Waals surface area contributed by atoms with Crippen LogP contribution in [0.4, 0.5) is 0 Å². The van der Waals surface area contributed by atoms with E-state index < -0.39 is 12.0 Å².